The van der Waals surface area contributed by atoms with E-state index in [1.165, 1.54) is 13.1 Å². The Morgan fingerprint density at radius 3 is 2.76 bits per heavy atom. The summed E-state index contributed by atoms with van der Waals surface area (Å²) in [5.74, 6) is -1.18. The second-order valence-electron chi connectivity index (χ2n) is 4.94. The molecule has 0 radical (unpaired) electrons. The normalized spacial score (nSPS) is 19.5. The first-order chi connectivity index (χ1) is 9.84. The molecule has 0 aromatic heterocycles. The van der Waals surface area contributed by atoms with Crippen LogP contribution in [0.5, 0.6) is 0 Å². The smallest absolute Gasteiger partial charge is 0.211 e. The second-order valence-corrected chi connectivity index (χ2v) is 8.73. The third-order valence-corrected chi connectivity index (χ3v) is 6.85. The summed E-state index contributed by atoms with van der Waals surface area (Å²) in [4.78, 5) is 0. The van der Waals surface area contributed by atoms with Gasteiger partial charge >= 0.3 is 0 Å². The summed E-state index contributed by atoms with van der Waals surface area (Å²) in [6, 6.07) is 2.07. The van der Waals surface area contributed by atoms with Crippen LogP contribution in [0.3, 0.4) is 0 Å². The van der Waals surface area contributed by atoms with Crippen LogP contribution in [-0.4, -0.2) is 31.2 Å². The van der Waals surface area contributed by atoms with E-state index < -0.39 is 37.7 Å². The Morgan fingerprint density at radius 2 is 2.10 bits per heavy atom. The number of rotatable bonds is 6. The highest BCUT2D eigenvalue weighted by molar-refractivity contribution is 7.89. The number of benzene rings is 1. The maximum atomic E-state index is 13.6. The van der Waals surface area contributed by atoms with Crippen LogP contribution < -0.4 is 4.72 Å². The average Bonchev–Trinajstić information content (AvgIpc) is 2.82. The Kier molecular flexibility index (Phi) is 5.11. The quantitative estimate of drug-likeness (QED) is 0.858. The van der Waals surface area contributed by atoms with Crippen LogP contribution in [0.4, 0.5) is 8.78 Å². The van der Waals surface area contributed by atoms with Crippen LogP contribution in [0.25, 0.3) is 0 Å². The molecule has 8 heteroatoms. The third-order valence-electron chi connectivity index (χ3n) is 3.59. The van der Waals surface area contributed by atoms with Gasteiger partial charge < -0.3 is 0 Å². The fourth-order valence-corrected chi connectivity index (χ4v) is 5.01. The maximum absolute atomic E-state index is 13.6. The number of halogens is 2. The van der Waals surface area contributed by atoms with E-state index in [2.05, 4.69) is 4.72 Å². The largest absolute Gasteiger partial charge is 0.259 e. The van der Waals surface area contributed by atoms with Gasteiger partial charge in [-0.15, -0.1) is 0 Å². The summed E-state index contributed by atoms with van der Waals surface area (Å²) < 4.78 is 63.9. The molecule has 0 unspecified atom stereocenters. The molecule has 0 amide bonds. The van der Waals surface area contributed by atoms with Crippen molar-refractivity contribution in [1.29, 1.82) is 0 Å². The van der Waals surface area contributed by atoms with Crippen LogP contribution in [0, 0.1) is 11.6 Å². The monoisotopic (exact) mass is 337 g/mol. The Balaban J connectivity index is 2.04. The second kappa shape index (κ2) is 6.50. The van der Waals surface area contributed by atoms with Crippen molar-refractivity contribution >= 4 is 20.8 Å². The van der Waals surface area contributed by atoms with Gasteiger partial charge in [-0.05, 0) is 43.5 Å². The van der Waals surface area contributed by atoms with E-state index in [9.17, 15) is 21.4 Å². The van der Waals surface area contributed by atoms with Crippen molar-refractivity contribution in [3.05, 3.63) is 34.9 Å². The molecular formula is C13H17F2NO3S2. The fourth-order valence-electron chi connectivity index (χ4n) is 2.51. The lowest BCUT2D eigenvalue weighted by atomic mass is 10.1. The molecule has 118 valence electrons. The van der Waals surface area contributed by atoms with Crippen molar-refractivity contribution in [1.82, 2.24) is 4.72 Å². The molecule has 0 saturated carbocycles. The zero-order chi connectivity index (χ0) is 15.6. The molecule has 1 aromatic rings. The van der Waals surface area contributed by atoms with Gasteiger partial charge in [0.05, 0.1) is 11.0 Å². The maximum Gasteiger partial charge on any atom is 0.211 e. The minimum absolute atomic E-state index is 0.105. The Bertz CT molecular complexity index is 662. The lowest BCUT2D eigenvalue weighted by Crippen LogP contribution is -2.23. The van der Waals surface area contributed by atoms with Gasteiger partial charge in [-0.25, -0.2) is 21.9 Å². The van der Waals surface area contributed by atoms with Crippen LogP contribution in [0.1, 0.15) is 29.2 Å². The first-order valence-corrected chi connectivity index (χ1v) is 9.63. The minimum Gasteiger partial charge on any atom is -0.259 e. The highest BCUT2D eigenvalue weighted by Gasteiger charge is 2.30. The van der Waals surface area contributed by atoms with Gasteiger partial charge in [-0.2, -0.15) is 0 Å². The molecular weight excluding hydrogens is 320 g/mol. The van der Waals surface area contributed by atoms with Gasteiger partial charge in [0.25, 0.3) is 0 Å². The SMILES string of the molecule is CNS(=O)(=O)CCC[S@](=O)[C@H]1CCc2c(F)cc(F)cc21. The van der Waals surface area contributed by atoms with Gasteiger partial charge in [-0.3, -0.25) is 4.21 Å². The first kappa shape index (κ1) is 16.5. The average molecular weight is 337 g/mol. The lowest BCUT2D eigenvalue weighted by molar-refractivity contribution is 0.574. The van der Waals surface area contributed by atoms with Crippen LogP contribution >= 0.6 is 0 Å². The molecule has 1 aliphatic carbocycles. The molecule has 2 atom stereocenters. The molecule has 0 bridgehead atoms. The Labute approximate surface area is 125 Å². The molecule has 0 saturated heterocycles. The summed E-state index contributed by atoms with van der Waals surface area (Å²) in [5.41, 5.74) is 0.889. The Morgan fingerprint density at radius 1 is 1.38 bits per heavy atom. The van der Waals surface area contributed by atoms with E-state index in [0.29, 0.717) is 24.0 Å². The topological polar surface area (TPSA) is 63.2 Å². The molecule has 0 fully saturated rings. The number of fused-ring (bicyclic) bond motifs is 1. The lowest BCUT2D eigenvalue weighted by Gasteiger charge is -2.12. The summed E-state index contributed by atoms with van der Waals surface area (Å²) >= 11 is 0. The summed E-state index contributed by atoms with van der Waals surface area (Å²) in [6.45, 7) is 0. The molecule has 21 heavy (non-hydrogen) atoms. The van der Waals surface area contributed by atoms with E-state index >= 15 is 0 Å². The van der Waals surface area contributed by atoms with Crippen molar-refractivity contribution in [3.63, 3.8) is 0 Å². The summed E-state index contributed by atoms with van der Waals surface area (Å²) in [5, 5.41) is -0.414. The number of sulfonamides is 1. The van der Waals surface area contributed by atoms with Gasteiger partial charge in [0.15, 0.2) is 0 Å². The van der Waals surface area contributed by atoms with E-state index in [1.807, 2.05) is 0 Å². The van der Waals surface area contributed by atoms with E-state index in [4.69, 9.17) is 0 Å². The van der Waals surface area contributed by atoms with Crippen molar-refractivity contribution in [3.8, 4) is 0 Å². The molecule has 2 rings (SSSR count). The van der Waals surface area contributed by atoms with E-state index in [0.717, 1.165) is 6.07 Å². The predicted octanol–water partition coefficient (Wildman–Crippen LogP) is 1.64. The first-order valence-electron chi connectivity index (χ1n) is 6.60. The fraction of sp³-hybridized carbons (Fsp3) is 0.538. The molecule has 0 aliphatic heterocycles. The van der Waals surface area contributed by atoms with Gasteiger partial charge in [0.2, 0.25) is 10.0 Å². The molecule has 0 heterocycles. The molecule has 1 aliphatic rings. The summed E-state index contributed by atoms with van der Waals surface area (Å²) in [6.07, 6.45) is 1.19. The predicted molar refractivity (Wildman–Crippen MR) is 77.9 cm³/mol. The molecule has 4 nitrogen and oxygen atoms in total. The van der Waals surface area contributed by atoms with Crippen LogP contribution in [0.2, 0.25) is 0 Å². The zero-order valence-corrected chi connectivity index (χ0v) is 13.2. The Hall–Kier alpha value is -0.860. The molecule has 0 spiro atoms. The summed E-state index contributed by atoms with van der Waals surface area (Å²) in [7, 11) is -3.33. The van der Waals surface area contributed by atoms with E-state index in [-0.39, 0.29) is 17.9 Å². The number of nitrogens with one attached hydrogen (secondary N) is 1. The standard InChI is InChI=1S/C13H17F2NO3S2/c1-16-21(18,19)6-2-5-20(17)13-4-3-10-11(13)7-9(14)8-12(10)15/h7-8,13,16H,2-6H2,1H3/t13-,20-/m0/s1. The number of hydrogen-bond donors (Lipinski definition) is 1. The van der Waals surface area contributed by atoms with Gasteiger partial charge in [0.1, 0.15) is 11.6 Å². The number of hydrogen-bond acceptors (Lipinski definition) is 3. The van der Waals surface area contributed by atoms with Crippen molar-refractivity contribution < 1.29 is 21.4 Å². The van der Waals surface area contributed by atoms with Crippen LogP contribution in [-0.2, 0) is 27.2 Å². The zero-order valence-electron chi connectivity index (χ0n) is 11.6. The molecule has 1 aromatic carbocycles. The third kappa shape index (κ3) is 3.87. The van der Waals surface area contributed by atoms with Crippen molar-refractivity contribution in [2.75, 3.05) is 18.6 Å². The van der Waals surface area contributed by atoms with Gasteiger partial charge in [-0.1, -0.05) is 0 Å². The van der Waals surface area contributed by atoms with Crippen LogP contribution in [0.15, 0.2) is 12.1 Å². The van der Waals surface area contributed by atoms with Gasteiger partial charge in [0, 0.05) is 22.6 Å². The molecule has 1 N–H and O–H groups in total. The highest BCUT2D eigenvalue weighted by atomic mass is 32.2. The van der Waals surface area contributed by atoms with Crippen molar-refractivity contribution in [2.45, 2.75) is 24.5 Å². The minimum atomic E-state index is -3.32. The van der Waals surface area contributed by atoms with E-state index in [1.54, 1.807) is 0 Å². The van der Waals surface area contributed by atoms with Crippen molar-refractivity contribution in [2.24, 2.45) is 0 Å². The highest BCUT2D eigenvalue weighted by Crippen LogP contribution is 2.37.